The molecule has 1 aliphatic carbocycles. The van der Waals surface area contributed by atoms with E-state index in [2.05, 4.69) is 6.92 Å². The number of carboxylic acids is 1. The Morgan fingerprint density at radius 2 is 1.45 bits per heavy atom. The molecular weight excluding hydrogens is 569 g/mol. The first-order valence-electron chi connectivity index (χ1n) is 16.5. The van der Waals surface area contributed by atoms with Gasteiger partial charge in [0.15, 0.2) is 11.6 Å². The van der Waals surface area contributed by atoms with Gasteiger partial charge in [-0.2, -0.15) is 4.39 Å². The fourth-order valence-electron chi connectivity index (χ4n) is 6.31. The molecule has 0 heterocycles. The highest BCUT2D eigenvalue weighted by atomic mass is 19.2. The molecule has 44 heavy (non-hydrogen) atoms. The summed E-state index contributed by atoms with van der Waals surface area (Å²) >= 11 is 0. The van der Waals surface area contributed by atoms with E-state index in [0.717, 1.165) is 51.0 Å². The number of alkyl halides is 1. The molecule has 0 bridgehead atoms. The number of hydrogen-bond donors (Lipinski definition) is 1. The minimum absolute atomic E-state index is 0.0983. The molecule has 1 saturated carbocycles. The van der Waals surface area contributed by atoms with Crippen LogP contribution in [-0.2, 0) is 4.79 Å². The van der Waals surface area contributed by atoms with E-state index in [1.54, 1.807) is 26.0 Å². The summed E-state index contributed by atoms with van der Waals surface area (Å²) in [5.74, 6) is -6.98. The van der Waals surface area contributed by atoms with Gasteiger partial charge in [0.1, 0.15) is 5.75 Å². The lowest BCUT2D eigenvalue weighted by molar-refractivity contribution is -0.162. The molecule has 2 aromatic rings. The summed E-state index contributed by atoms with van der Waals surface area (Å²) in [7, 11) is 0. The fraction of sp³-hybridized carbons (Fsp3) is 0.611. The van der Waals surface area contributed by atoms with E-state index < -0.39 is 52.6 Å². The molecule has 244 valence electrons. The molecule has 1 fully saturated rings. The number of hydrogen-bond acceptors (Lipinski definition) is 4. The van der Waals surface area contributed by atoms with E-state index in [0.29, 0.717) is 18.4 Å². The Labute approximate surface area is 260 Å². The summed E-state index contributed by atoms with van der Waals surface area (Å²) in [5.41, 5.74) is -2.22. The number of esters is 1. The van der Waals surface area contributed by atoms with Crippen LogP contribution in [-0.4, -0.2) is 29.3 Å². The summed E-state index contributed by atoms with van der Waals surface area (Å²) in [6.45, 7) is 5.86. The number of carbonyl (C=O) groups excluding carboxylic acids is 1. The van der Waals surface area contributed by atoms with Crippen molar-refractivity contribution in [3.05, 3.63) is 59.2 Å². The van der Waals surface area contributed by atoms with Crippen molar-refractivity contribution >= 4 is 11.9 Å². The van der Waals surface area contributed by atoms with E-state index in [4.69, 9.17) is 9.47 Å². The Morgan fingerprint density at radius 1 is 0.864 bits per heavy atom. The van der Waals surface area contributed by atoms with Gasteiger partial charge in [-0.25, -0.2) is 18.4 Å². The maximum absolute atomic E-state index is 16.1. The zero-order valence-electron chi connectivity index (χ0n) is 26.5. The van der Waals surface area contributed by atoms with Gasteiger partial charge in [-0.15, -0.1) is 0 Å². The van der Waals surface area contributed by atoms with Crippen molar-refractivity contribution in [3.63, 3.8) is 0 Å². The first-order chi connectivity index (χ1) is 21.1. The van der Waals surface area contributed by atoms with Crippen LogP contribution in [0.15, 0.2) is 36.4 Å². The predicted octanol–water partition coefficient (Wildman–Crippen LogP) is 10.2. The zero-order chi connectivity index (χ0) is 32.1. The number of ether oxygens (including phenoxy) is 2. The van der Waals surface area contributed by atoms with Crippen LogP contribution in [0.2, 0.25) is 0 Å². The number of carbonyl (C=O) groups is 2. The molecule has 5 nitrogen and oxygen atoms in total. The van der Waals surface area contributed by atoms with Crippen molar-refractivity contribution in [1.29, 1.82) is 0 Å². The number of rotatable bonds is 18. The molecule has 1 unspecified atom stereocenters. The quantitative estimate of drug-likeness (QED) is 0.102. The Hall–Kier alpha value is -3.03. The van der Waals surface area contributed by atoms with Crippen LogP contribution in [0.1, 0.15) is 133 Å². The highest BCUT2D eigenvalue weighted by Crippen LogP contribution is 2.45. The van der Waals surface area contributed by atoms with Gasteiger partial charge in [0.05, 0.1) is 12.2 Å². The average molecular weight is 619 g/mol. The van der Waals surface area contributed by atoms with E-state index in [1.165, 1.54) is 50.3 Å². The lowest BCUT2D eigenvalue weighted by Crippen LogP contribution is -2.49. The number of aliphatic carboxylic acids is 1. The normalized spacial score (nSPS) is 16.6. The lowest BCUT2D eigenvalue weighted by Gasteiger charge is -2.39. The van der Waals surface area contributed by atoms with E-state index in [-0.39, 0.29) is 18.1 Å². The third kappa shape index (κ3) is 9.24. The van der Waals surface area contributed by atoms with Crippen LogP contribution in [0.4, 0.5) is 13.2 Å². The highest BCUT2D eigenvalue weighted by Gasteiger charge is 2.52. The van der Waals surface area contributed by atoms with Crippen molar-refractivity contribution in [1.82, 2.24) is 0 Å². The van der Waals surface area contributed by atoms with Gasteiger partial charge in [-0.1, -0.05) is 104 Å². The van der Waals surface area contributed by atoms with Crippen molar-refractivity contribution in [2.75, 3.05) is 6.61 Å². The second-order valence-electron chi connectivity index (χ2n) is 12.4. The molecule has 1 aliphatic rings. The topological polar surface area (TPSA) is 72.8 Å². The second-order valence-corrected chi connectivity index (χ2v) is 12.4. The Bertz CT molecular complexity index is 1200. The van der Waals surface area contributed by atoms with Gasteiger partial charge >= 0.3 is 11.9 Å². The number of benzene rings is 2. The lowest BCUT2D eigenvalue weighted by atomic mass is 9.67. The molecular formula is C36H49F3O5. The molecule has 1 N–H and O–H groups in total. The summed E-state index contributed by atoms with van der Waals surface area (Å²) < 4.78 is 56.2. The smallest absolute Gasteiger partial charge is 0.346 e. The maximum Gasteiger partial charge on any atom is 0.346 e. The Kier molecular flexibility index (Phi) is 14.1. The van der Waals surface area contributed by atoms with E-state index >= 15 is 4.39 Å². The van der Waals surface area contributed by atoms with Gasteiger partial charge in [0.25, 0.3) is 0 Å². The zero-order valence-corrected chi connectivity index (χ0v) is 26.5. The van der Waals surface area contributed by atoms with E-state index in [9.17, 15) is 23.5 Å². The minimum atomic E-state index is -2.35. The molecule has 0 saturated heterocycles. The maximum atomic E-state index is 16.1. The van der Waals surface area contributed by atoms with Crippen LogP contribution in [0.25, 0.3) is 0 Å². The Balaban J connectivity index is 1.53. The number of carboxylic acid groups (broad SMARTS) is 1. The SMILES string of the molecule is CCCCCCCCCCCOc1ccc(C(=O)Oc2ccc(C(C)[C@H](C)[C@](F)(C(=O)O)C3CCCCC3)cc2)c(F)c1F. The summed E-state index contributed by atoms with van der Waals surface area (Å²) in [4.78, 5) is 24.8. The van der Waals surface area contributed by atoms with Crippen molar-refractivity contribution < 1.29 is 37.3 Å². The highest BCUT2D eigenvalue weighted by molar-refractivity contribution is 5.91. The van der Waals surface area contributed by atoms with Crippen LogP contribution in [0, 0.1) is 23.5 Å². The van der Waals surface area contributed by atoms with Gasteiger partial charge in [-0.05, 0) is 55.0 Å². The van der Waals surface area contributed by atoms with Crippen molar-refractivity contribution in [2.24, 2.45) is 11.8 Å². The number of halogens is 3. The van der Waals surface area contributed by atoms with Crippen LogP contribution in [0.5, 0.6) is 11.5 Å². The molecule has 3 rings (SSSR count). The average Bonchev–Trinajstić information content (AvgIpc) is 3.03. The molecule has 0 amide bonds. The summed E-state index contributed by atoms with van der Waals surface area (Å²) in [6, 6.07) is 8.60. The molecule has 0 spiro atoms. The second kappa shape index (κ2) is 17.5. The Morgan fingerprint density at radius 3 is 2.05 bits per heavy atom. The minimum Gasteiger partial charge on any atom is -0.490 e. The van der Waals surface area contributed by atoms with Gasteiger partial charge in [0.2, 0.25) is 11.5 Å². The van der Waals surface area contributed by atoms with Gasteiger partial charge in [0, 0.05) is 11.8 Å². The monoisotopic (exact) mass is 618 g/mol. The van der Waals surface area contributed by atoms with Gasteiger partial charge in [-0.3, -0.25) is 0 Å². The molecule has 0 aliphatic heterocycles. The van der Waals surface area contributed by atoms with E-state index in [1.807, 2.05) is 0 Å². The molecule has 0 radical (unpaired) electrons. The molecule has 2 aromatic carbocycles. The van der Waals surface area contributed by atoms with Crippen LogP contribution in [0.3, 0.4) is 0 Å². The third-order valence-electron chi connectivity index (χ3n) is 9.33. The standard InChI is InChI=1S/C36H49F3O5/c1-4-5-6-7-8-9-10-11-15-24-43-31-23-22-30(32(37)33(31)38)34(40)44-29-20-18-27(19-21-29)25(2)26(3)36(39,35(41)42)28-16-13-12-14-17-28/h18-23,25-26,28H,4-17,24H2,1-3H3,(H,41,42)/t25?,26-,36+/m0/s1. The predicted molar refractivity (Wildman–Crippen MR) is 166 cm³/mol. The third-order valence-corrected chi connectivity index (χ3v) is 9.33. The molecule has 3 atom stereocenters. The fourth-order valence-corrected chi connectivity index (χ4v) is 6.31. The van der Waals surface area contributed by atoms with Crippen molar-refractivity contribution in [3.8, 4) is 11.5 Å². The van der Waals surface area contributed by atoms with Gasteiger partial charge < -0.3 is 14.6 Å². The van der Waals surface area contributed by atoms with Crippen molar-refractivity contribution in [2.45, 2.75) is 122 Å². The summed E-state index contributed by atoms with van der Waals surface area (Å²) in [5, 5.41) is 9.87. The molecule has 8 heteroatoms. The van der Waals surface area contributed by atoms with Crippen LogP contribution < -0.4 is 9.47 Å². The first kappa shape index (κ1) is 35.4. The largest absolute Gasteiger partial charge is 0.490 e. The summed E-state index contributed by atoms with van der Waals surface area (Å²) in [6.07, 6.45) is 13.9. The first-order valence-corrected chi connectivity index (χ1v) is 16.5. The van der Waals surface area contributed by atoms with Crippen LogP contribution >= 0.6 is 0 Å². The number of unbranched alkanes of at least 4 members (excludes halogenated alkanes) is 8. The molecule has 0 aromatic heterocycles.